The van der Waals surface area contributed by atoms with Gasteiger partial charge in [-0.3, -0.25) is 4.98 Å². The zero-order valence-electron chi connectivity index (χ0n) is 4.71. The third kappa shape index (κ3) is 1.62. The van der Waals surface area contributed by atoms with Crippen molar-refractivity contribution in [3.8, 4) is 0 Å². The summed E-state index contributed by atoms with van der Waals surface area (Å²) in [5.74, 6) is 0. The quantitative estimate of drug-likeness (QED) is 0.626. The molecular weight excluding hydrogens is 138 g/mol. The molecule has 0 aromatic carbocycles. The fraction of sp³-hybridized carbons (Fsp3) is 0.200. The Morgan fingerprint density at radius 2 is 2.22 bits per heavy atom. The Morgan fingerprint density at radius 1 is 1.44 bits per heavy atom. The van der Waals surface area contributed by atoms with E-state index in [0.717, 1.165) is 5.69 Å². The van der Waals surface area contributed by atoms with Crippen molar-refractivity contribution in [2.24, 2.45) is 5.73 Å². The number of halogens is 1. The lowest BCUT2D eigenvalue weighted by Crippen LogP contribution is -1.99. The van der Waals surface area contributed by atoms with Crippen LogP contribution in [-0.4, -0.2) is 9.97 Å². The van der Waals surface area contributed by atoms with Gasteiger partial charge in [0.15, 0.2) is 0 Å². The number of hydrogen-bond acceptors (Lipinski definition) is 3. The van der Waals surface area contributed by atoms with Crippen LogP contribution in [-0.2, 0) is 6.54 Å². The molecule has 0 saturated carbocycles. The van der Waals surface area contributed by atoms with Gasteiger partial charge in [-0.05, 0) is 0 Å². The molecule has 3 nitrogen and oxygen atoms in total. The molecular formula is C5H6ClN3. The van der Waals surface area contributed by atoms with E-state index < -0.39 is 0 Å². The van der Waals surface area contributed by atoms with E-state index in [1.54, 1.807) is 6.20 Å². The lowest BCUT2D eigenvalue weighted by atomic mass is 10.5. The molecule has 0 aliphatic carbocycles. The standard InChI is InChI=1S/C5H6ClN3/c6-5-3-8-4(1-7)2-9-5/h2-3H,1,7H2. The van der Waals surface area contributed by atoms with Crippen molar-refractivity contribution in [1.82, 2.24) is 9.97 Å². The summed E-state index contributed by atoms with van der Waals surface area (Å²) >= 11 is 5.45. The number of hydrogen-bond donors (Lipinski definition) is 1. The third-order valence-electron chi connectivity index (χ3n) is 0.883. The first-order valence-electron chi connectivity index (χ1n) is 2.49. The van der Waals surface area contributed by atoms with Gasteiger partial charge in [0.25, 0.3) is 0 Å². The van der Waals surface area contributed by atoms with Crippen molar-refractivity contribution in [3.05, 3.63) is 23.2 Å². The van der Waals surface area contributed by atoms with E-state index in [-0.39, 0.29) is 0 Å². The van der Waals surface area contributed by atoms with Crippen molar-refractivity contribution in [3.63, 3.8) is 0 Å². The normalized spacial score (nSPS) is 9.56. The van der Waals surface area contributed by atoms with Crippen LogP contribution in [0.1, 0.15) is 5.69 Å². The smallest absolute Gasteiger partial charge is 0.147 e. The van der Waals surface area contributed by atoms with Gasteiger partial charge in [-0.1, -0.05) is 11.6 Å². The van der Waals surface area contributed by atoms with Crippen LogP contribution in [0.15, 0.2) is 12.4 Å². The topological polar surface area (TPSA) is 51.8 Å². The molecule has 4 heteroatoms. The first-order valence-corrected chi connectivity index (χ1v) is 2.87. The minimum Gasteiger partial charge on any atom is -0.325 e. The SMILES string of the molecule is NCc1cnc(Cl)cn1. The zero-order valence-corrected chi connectivity index (χ0v) is 5.47. The van der Waals surface area contributed by atoms with Gasteiger partial charge in [0.1, 0.15) is 5.15 Å². The zero-order chi connectivity index (χ0) is 6.69. The highest BCUT2D eigenvalue weighted by Crippen LogP contribution is 1.99. The minimum atomic E-state index is 0.396. The largest absolute Gasteiger partial charge is 0.325 e. The molecule has 0 aliphatic heterocycles. The van der Waals surface area contributed by atoms with Crippen LogP contribution in [0.3, 0.4) is 0 Å². The molecule has 9 heavy (non-hydrogen) atoms. The first-order chi connectivity index (χ1) is 4.33. The molecule has 48 valence electrons. The summed E-state index contributed by atoms with van der Waals surface area (Å²) in [5.41, 5.74) is 6.00. The second kappa shape index (κ2) is 2.75. The summed E-state index contributed by atoms with van der Waals surface area (Å²) < 4.78 is 0. The van der Waals surface area contributed by atoms with Crippen molar-refractivity contribution < 1.29 is 0 Å². The Balaban J connectivity index is 2.88. The first kappa shape index (κ1) is 6.45. The van der Waals surface area contributed by atoms with Gasteiger partial charge in [0.05, 0.1) is 18.1 Å². The average Bonchev–Trinajstić information content (AvgIpc) is 1.90. The Kier molecular flexibility index (Phi) is 1.97. The summed E-state index contributed by atoms with van der Waals surface area (Å²) in [4.78, 5) is 7.65. The minimum absolute atomic E-state index is 0.396. The molecule has 0 aliphatic rings. The van der Waals surface area contributed by atoms with E-state index in [9.17, 15) is 0 Å². The van der Waals surface area contributed by atoms with E-state index in [0.29, 0.717) is 11.7 Å². The van der Waals surface area contributed by atoms with Gasteiger partial charge in [-0.15, -0.1) is 0 Å². The number of rotatable bonds is 1. The van der Waals surface area contributed by atoms with E-state index in [1.807, 2.05) is 0 Å². The van der Waals surface area contributed by atoms with E-state index in [1.165, 1.54) is 6.20 Å². The predicted octanol–water partition coefficient (Wildman–Crippen LogP) is 0.589. The molecule has 0 fully saturated rings. The number of nitrogens with zero attached hydrogens (tertiary/aromatic N) is 2. The fourth-order valence-electron chi connectivity index (χ4n) is 0.444. The molecule has 1 heterocycles. The third-order valence-corrected chi connectivity index (χ3v) is 1.08. The van der Waals surface area contributed by atoms with Crippen LogP contribution in [0.2, 0.25) is 5.15 Å². The molecule has 0 bridgehead atoms. The molecule has 1 aromatic heterocycles. The Morgan fingerprint density at radius 3 is 2.67 bits per heavy atom. The Labute approximate surface area is 57.9 Å². The Hall–Kier alpha value is -0.670. The van der Waals surface area contributed by atoms with Crippen molar-refractivity contribution in [2.75, 3.05) is 0 Å². The van der Waals surface area contributed by atoms with Gasteiger partial charge in [0.2, 0.25) is 0 Å². The maximum atomic E-state index is 5.45. The molecule has 0 unspecified atom stereocenters. The van der Waals surface area contributed by atoms with Gasteiger partial charge in [0, 0.05) is 6.54 Å². The summed E-state index contributed by atoms with van der Waals surface area (Å²) in [6.07, 6.45) is 3.03. The molecule has 0 amide bonds. The van der Waals surface area contributed by atoms with Crippen LogP contribution >= 0.6 is 11.6 Å². The lowest BCUT2D eigenvalue weighted by Gasteiger charge is -1.91. The van der Waals surface area contributed by atoms with E-state index in [4.69, 9.17) is 17.3 Å². The van der Waals surface area contributed by atoms with E-state index in [2.05, 4.69) is 9.97 Å². The predicted molar refractivity (Wildman–Crippen MR) is 34.9 cm³/mol. The highest BCUT2D eigenvalue weighted by Gasteiger charge is 1.89. The Bertz CT molecular complexity index is 184. The van der Waals surface area contributed by atoms with Gasteiger partial charge in [-0.2, -0.15) is 0 Å². The summed E-state index contributed by atoms with van der Waals surface area (Å²) in [7, 11) is 0. The van der Waals surface area contributed by atoms with Crippen LogP contribution in [0.5, 0.6) is 0 Å². The molecule has 0 radical (unpaired) electrons. The highest BCUT2D eigenvalue weighted by molar-refractivity contribution is 6.29. The van der Waals surface area contributed by atoms with Crippen LogP contribution < -0.4 is 5.73 Å². The van der Waals surface area contributed by atoms with Gasteiger partial charge in [-0.25, -0.2) is 4.98 Å². The lowest BCUT2D eigenvalue weighted by molar-refractivity contribution is 0.964. The van der Waals surface area contributed by atoms with Crippen LogP contribution in [0, 0.1) is 0 Å². The van der Waals surface area contributed by atoms with Crippen molar-refractivity contribution in [2.45, 2.75) is 6.54 Å². The van der Waals surface area contributed by atoms with Crippen molar-refractivity contribution in [1.29, 1.82) is 0 Å². The maximum absolute atomic E-state index is 5.45. The summed E-state index contributed by atoms with van der Waals surface area (Å²) in [6, 6.07) is 0. The maximum Gasteiger partial charge on any atom is 0.147 e. The highest BCUT2D eigenvalue weighted by atomic mass is 35.5. The average molecular weight is 144 g/mol. The second-order valence-electron chi connectivity index (χ2n) is 1.53. The summed E-state index contributed by atoms with van der Waals surface area (Å²) in [6.45, 7) is 0.407. The fourth-order valence-corrected chi connectivity index (χ4v) is 0.542. The van der Waals surface area contributed by atoms with Crippen LogP contribution in [0.4, 0.5) is 0 Å². The second-order valence-corrected chi connectivity index (χ2v) is 1.92. The van der Waals surface area contributed by atoms with Gasteiger partial charge >= 0.3 is 0 Å². The number of aromatic nitrogens is 2. The van der Waals surface area contributed by atoms with E-state index >= 15 is 0 Å². The molecule has 0 saturated heterocycles. The molecule has 1 rings (SSSR count). The number of nitrogens with two attached hydrogens (primary N) is 1. The monoisotopic (exact) mass is 143 g/mol. The molecule has 1 aromatic rings. The van der Waals surface area contributed by atoms with Gasteiger partial charge < -0.3 is 5.73 Å². The van der Waals surface area contributed by atoms with Crippen molar-refractivity contribution >= 4 is 11.6 Å². The molecule has 2 N–H and O–H groups in total. The summed E-state index contributed by atoms with van der Waals surface area (Å²) in [5, 5.41) is 0.396. The van der Waals surface area contributed by atoms with Crippen LogP contribution in [0.25, 0.3) is 0 Å². The molecule has 0 atom stereocenters. The molecule has 0 spiro atoms.